The van der Waals surface area contributed by atoms with Crippen molar-refractivity contribution >= 4 is 23.5 Å². The van der Waals surface area contributed by atoms with E-state index < -0.39 is 11.9 Å². The highest BCUT2D eigenvalue weighted by Gasteiger charge is 2.18. The summed E-state index contributed by atoms with van der Waals surface area (Å²) in [6.07, 6.45) is 0. The molecule has 24 heavy (non-hydrogen) atoms. The van der Waals surface area contributed by atoms with Gasteiger partial charge < -0.3 is 19.9 Å². The van der Waals surface area contributed by atoms with Crippen molar-refractivity contribution in [3.8, 4) is 5.75 Å². The number of hydrogen-bond acceptors (Lipinski definition) is 5. The molecule has 7 heteroatoms. The Bertz CT molecular complexity index is 788. The molecule has 0 radical (unpaired) electrons. The van der Waals surface area contributed by atoms with Gasteiger partial charge in [-0.3, -0.25) is 4.79 Å². The van der Waals surface area contributed by atoms with Gasteiger partial charge in [-0.05, 0) is 36.4 Å². The van der Waals surface area contributed by atoms with E-state index in [4.69, 9.17) is 31.5 Å². The van der Waals surface area contributed by atoms with Crippen molar-refractivity contribution in [1.29, 1.82) is 0 Å². The van der Waals surface area contributed by atoms with Gasteiger partial charge in [0.1, 0.15) is 12.4 Å². The molecular weight excluding hydrogens is 334 g/mol. The number of amides is 1. The van der Waals surface area contributed by atoms with E-state index in [2.05, 4.69) is 0 Å². The molecule has 2 N–H and O–H groups in total. The molecule has 1 heterocycles. The lowest BCUT2D eigenvalue weighted by Crippen LogP contribution is -2.14. The van der Waals surface area contributed by atoms with Gasteiger partial charge in [-0.25, -0.2) is 4.79 Å². The highest BCUT2D eigenvalue weighted by atomic mass is 35.5. The van der Waals surface area contributed by atoms with Gasteiger partial charge in [0, 0.05) is 21.7 Å². The number of carbonyl (C=O) groups is 2. The van der Waals surface area contributed by atoms with Gasteiger partial charge in [-0.1, -0.05) is 11.6 Å². The summed E-state index contributed by atoms with van der Waals surface area (Å²) in [5.41, 5.74) is 7.28. The molecular formula is C17H14ClNO5. The number of carbonyl (C=O) groups excluding carboxylic acids is 2. The molecule has 0 atom stereocenters. The standard InChI is InChI=1S/C17H14ClNO5/c18-14-5-12-7-22-9-24-15(12)13(6-14)8-23-17(21)11-3-1-10(2-4-11)16(19)20/h1-6H,7-9H2,(H2,19,20). The Morgan fingerprint density at radius 3 is 2.58 bits per heavy atom. The Balaban J connectivity index is 1.72. The minimum Gasteiger partial charge on any atom is -0.467 e. The summed E-state index contributed by atoms with van der Waals surface area (Å²) in [6, 6.07) is 9.36. The summed E-state index contributed by atoms with van der Waals surface area (Å²) in [4.78, 5) is 23.1. The van der Waals surface area contributed by atoms with Gasteiger partial charge in [0.2, 0.25) is 5.91 Å². The van der Waals surface area contributed by atoms with E-state index in [0.29, 0.717) is 34.1 Å². The molecule has 0 saturated heterocycles. The van der Waals surface area contributed by atoms with Crippen LogP contribution in [0.25, 0.3) is 0 Å². The Labute approximate surface area is 143 Å². The number of fused-ring (bicyclic) bond motifs is 1. The van der Waals surface area contributed by atoms with Crippen molar-refractivity contribution in [2.45, 2.75) is 13.2 Å². The van der Waals surface area contributed by atoms with Crippen LogP contribution in [0.1, 0.15) is 31.8 Å². The van der Waals surface area contributed by atoms with E-state index in [0.717, 1.165) is 5.56 Å². The minimum absolute atomic E-state index is 0.0132. The SMILES string of the molecule is NC(=O)c1ccc(C(=O)OCc2cc(Cl)cc3c2OCOC3)cc1. The molecule has 2 aromatic carbocycles. The predicted octanol–water partition coefficient (Wildman–Crippen LogP) is 2.66. The zero-order valence-corrected chi connectivity index (χ0v) is 13.3. The first-order valence-electron chi connectivity index (χ1n) is 7.13. The number of primary amides is 1. The Morgan fingerprint density at radius 1 is 1.17 bits per heavy atom. The molecule has 6 nitrogen and oxygen atoms in total. The van der Waals surface area contributed by atoms with Gasteiger partial charge in [0.25, 0.3) is 0 Å². The molecule has 0 aromatic heterocycles. The average Bonchev–Trinajstić information content (AvgIpc) is 2.59. The van der Waals surface area contributed by atoms with E-state index in [-0.39, 0.29) is 13.4 Å². The fraction of sp³-hybridized carbons (Fsp3) is 0.176. The van der Waals surface area contributed by atoms with Gasteiger partial charge in [-0.15, -0.1) is 0 Å². The first-order chi connectivity index (χ1) is 11.5. The normalized spacial score (nSPS) is 12.9. The summed E-state index contributed by atoms with van der Waals surface area (Å²) in [6.45, 7) is 0.550. The molecule has 0 unspecified atom stereocenters. The second-order valence-corrected chi connectivity index (χ2v) is 5.62. The number of nitrogens with two attached hydrogens (primary N) is 1. The van der Waals surface area contributed by atoms with Crippen molar-refractivity contribution in [2.24, 2.45) is 5.73 Å². The highest BCUT2D eigenvalue weighted by Crippen LogP contribution is 2.32. The Morgan fingerprint density at radius 2 is 1.88 bits per heavy atom. The Hall–Kier alpha value is -2.57. The van der Waals surface area contributed by atoms with Crippen LogP contribution in [0.3, 0.4) is 0 Å². The summed E-state index contributed by atoms with van der Waals surface area (Å²) in [7, 11) is 0. The van der Waals surface area contributed by atoms with E-state index in [1.54, 1.807) is 12.1 Å². The zero-order chi connectivity index (χ0) is 17.1. The number of ether oxygens (including phenoxy) is 3. The van der Waals surface area contributed by atoms with Crippen LogP contribution in [-0.2, 0) is 22.7 Å². The summed E-state index contributed by atoms with van der Waals surface area (Å²) >= 11 is 6.07. The van der Waals surface area contributed by atoms with Crippen molar-refractivity contribution < 1.29 is 23.8 Å². The number of halogens is 1. The van der Waals surface area contributed by atoms with Crippen LogP contribution >= 0.6 is 11.6 Å². The van der Waals surface area contributed by atoms with Crippen LogP contribution < -0.4 is 10.5 Å². The highest BCUT2D eigenvalue weighted by molar-refractivity contribution is 6.30. The van der Waals surface area contributed by atoms with E-state index >= 15 is 0 Å². The summed E-state index contributed by atoms with van der Waals surface area (Å²) < 4.78 is 16.0. The second-order valence-electron chi connectivity index (χ2n) is 5.18. The van der Waals surface area contributed by atoms with E-state index in [1.807, 2.05) is 0 Å². The quantitative estimate of drug-likeness (QED) is 0.859. The Kier molecular flexibility index (Phi) is 4.69. The average molecular weight is 348 g/mol. The molecule has 1 aliphatic heterocycles. The first kappa shape index (κ1) is 16.3. The van der Waals surface area contributed by atoms with E-state index in [1.165, 1.54) is 24.3 Å². The number of hydrogen-bond donors (Lipinski definition) is 1. The molecule has 0 spiro atoms. The number of esters is 1. The van der Waals surface area contributed by atoms with Gasteiger partial charge in [0.15, 0.2) is 6.79 Å². The topological polar surface area (TPSA) is 87.9 Å². The predicted molar refractivity (Wildman–Crippen MR) is 85.8 cm³/mol. The zero-order valence-electron chi connectivity index (χ0n) is 12.6. The monoisotopic (exact) mass is 347 g/mol. The minimum atomic E-state index is -0.556. The van der Waals surface area contributed by atoms with Gasteiger partial charge in [0.05, 0.1) is 12.2 Å². The van der Waals surface area contributed by atoms with Crippen LogP contribution in [0.15, 0.2) is 36.4 Å². The fourth-order valence-corrected chi connectivity index (χ4v) is 2.62. The van der Waals surface area contributed by atoms with Gasteiger partial charge >= 0.3 is 5.97 Å². The van der Waals surface area contributed by atoms with Crippen LogP contribution in [0.4, 0.5) is 0 Å². The third-order valence-corrected chi connectivity index (χ3v) is 3.73. The number of rotatable bonds is 4. The second kappa shape index (κ2) is 6.90. The van der Waals surface area contributed by atoms with Crippen LogP contribution in [-0.4, -0.2) is 18.7 Å². The molecule has 0 fully saturated rings. The van der Waals surface area contributed by atoms with Crippen LogP contribution in [0, 0.1) is 0 Å². The molecule has 0 bridgehead atoms. The maximum absolute atomic E-state index is 12.1. The van der Waals surface area contributed by atoms with E-state index in [9.17, 15) is 9.59 Å². The first-order valence-corrected chi connectivity index (χ1v) is 7.51. The summed E-state index contributed by atoms with van der Waals surface area (Å²) in [5, 5.41) is 0.514. The smallest absolute Gasteiger partial charge is 0.338 e. The van der Waals surface area contributed by atoms with Crippen LogP contribution in [0.2, 0.25) is 5.02 Å². The lowest BCUT2D eigenvalue weighted by Gasteiger charge is -2.21. The van der Waals surface area contributed by atoms with Crippen molar-refractivity contribution in [1.82, 2.24) is 0 Å². The molecule has 2 aromatic rings. The lowest BCUT2D eigenvalue weighted by atomic mass is 10.1. The largest absolute Gasteiger partial charge is 0.467 e. The fourth-order valence-electron chi connectivity index (χ4n) is 2.36. The molecule has 0 saturated carbocycles. The van der Waals surface area contributed by atoms with Crippen molar-refractivity contribution in [2.75, 3.05) is 6.79 Å². The van der Waals surface area contributed by atoms with Crippen molar-refractivity contribution in [3.05, 3.63) is 63.7 Å². The molecule has 1 amide bonds. The maximum Gasteiger partial charge on any atom is 0.338 e. The third-order valence-electron chi connectivity index (χ3n) is 3.52. The molecule has 0 aliphatic carbocycles. The molecule has 124 valence electrons. The molecule has 3 rings (SSSR count). The summed E-state index contributed by atoms with van der Waals surface area (Å²) in [5.74, 6) is -0.450. The van der Waals surface area contributed by atoms with Crippen molar-refractivity contribution in [3.63, 3.8) is 0 Å². The number of benzene rings is 2. The van der Waals surface area contributed by atoms with Gasteiger partial charge in [-0.2, -0.15) is 0 Å². The molecule has 1 aliphatic rings. The maximum atomic E-state index is 12.1. The lowest BCUT2D eigenvalue weighted by molar-refractivity contribution is -0.0180. The third kappa shape index (κ3) is 3.50. The van der Waals surface area contributed by atoms with Crippen LogP contribution in [0.5, 0.6) is 5.75 Å².